The van der Waals surface area contributed by atoms with Crippen LogP contribution in [0.5, 0.6) is 0 Å². The average Bonchev–Trinajstić information content (AvgIpc) is 3.24. The number of hydrogen-bond acceptors (Lipinski definition) is 1. The number of allylic oxidation sites excluding steroid dienone is 1. The summed E-state index contributed by atoms with van der Waals surface area (Å²) in [4.78, 5) is 0. The lowest BCUT2D eigenvalue weighted by molar-refractivity contribution is 0.851. The summed E-state index contributed by atoms with van der Waals surface area (Å²) in [7, 11) is 2.08. The number of aryl methyl sites for hydroxylation is 1. The van der Waals surface area contributed by atoms with Gasteiger partial charge in [0.2, 0.25) is 0 Å². The van der Waals surface area contributed by atoms with Gasteiger partial charge in [-0.15, -0.1) is 0 Å². The number of fused-ring (bicyclic) bond motifs is 8. The maximum Gasteiger partial charge on any atom is 0.0450 e. The van der Waals surface area contributed by atoms with Gasteiger partial charge in [0.05, 0.1) is 0 Å². The molecule has 0 radical (unpaired) electrons. The van der Waals surface area contributed by atoms with Crippen LogP contribution in [-0.4, -0.2) is 7.05 Å². The molecular formula is C52H41N. The molecular weight excluding hydrogens is 639 g/mol. The maximum atomic E-state index is 3.71. The molecule has 0 heterocycles. The van der Waals surface area contributed by atoms with Gasteiger partial charge in [-0.3, -0.25) is 0 Å². The van der Waals surface area contributed by atoms with Gasteiger partial charge in [-0.25, -0.2) is 0 Å². The van der Waals surface area contributed by atoms with Crippen molar-refractivity contribution >= 4 is 54.4 Å². The molecule has 0 aliphatic rings. The van der Waals surface area contributed by atoms with E-state index in [1.54, 1.807) is 0 Å². The van der Waals surface area contributed by atoms with E-state index in [-0.39, 0.29) is 0 Å². The van der Waals surface area contributed by atoms with E-state index in [1.807, 2.05) is 0 Å². The Bertz CT molecular complexity index is 2770. The Morgan fingerprint density at radius 3 is 1.70 bits per heavy atom. The van der Waals surface area contributed by atoms with Crippen LogP contribution >= 0.6 is 0 Å². The van der Waals surface area contributed by atoms with Crippen LogP contribution in [0.3, 0.4) is 0 Å². The summed E-state index contributed by atoms with van der Waals surface area (Å²) in [5, 5.41) is 14.1. The molecule has 9 rings (SSSR count). The fourth-order valence-electron chi connectivity index (χ4n) is 8.44. The lowest BCUT2D eigenvalue weighted by Gasteiger charge is -2.20. The second-order valence-corrected chi connectivity index (χ2v) is 13.9. The minimum absolute atomic E-state index is 0.942. The van der Waals surface area contributed by atoms with Crippen molar-refractivity contribution in [3.05, 3.63) is 205 Å². The van der Waals surface area contributed by atoms with Crippen molar-refractivity contribution in [2.75, 3.05) is 7.05 Å². The van der Waals surface area contributed by atoms with E-state index < -0.39 is 0 Å². The second-order valence-electron chi connectivity index (χ2n) is 13.9. The summed E-state index contributed by atoms with van der Waals surface area (Å²) in [5.41, 5.74) is 11.3. The van der Waals surface area contributed by atoms with Crippen LogP contribution < -0.4 is 5.32 Å². The number of rotatable bonds is 9. The smallest absolute Gasteiger partial charge is 0.0450 e. The molecule has 0 bridgehead atoms. The molecule has 0 amide bonds. The van der Waals surface area contributed by atoms with Gasteiger partial charge in [0.25, 0.3) is 0 Å². The van der Waals surface area contributed by atoms with E-state index in [4.69, 9.17) is 0 Å². The summed E-state index contributed by atoms with van der Waals surface area (Å²) >= 11 is 0. The van der Waals surface area contributed by atoms with Gasteiger partial charge in [-0.1, -0.05) is 176 Å². The lowest BCUT2D eigenvalue weighted by atomic mass is 9.86. The highest BCUT2D eigenvalue weighted by Crippen LogP contribution is 2.43. The first-order valence-corrected chi connectivity index (χ1v) is 18.7. The Kier molecular flexibility index (Phi) is 8.75. The Balaban J connectivity index is 1.25. The van der Waals surface area contributed by atoms with Crippen LogP contribution in [0.2, 0.25) is 0 Å². The fraction of sp³-hybridized carbons (Fsp3) is 0.0769. The molecule has 0 saturated carbocycles. The zero-order chi connectivity index (χ0) is 35.6. The molecule has 0 unspecified atom stereocenters. The Morgan fingerprint density at radius 2 is 0.981 bits per heavy atom. The van der Waals surface area contributed by atoms with E-state index in [9.17, 15) is 0 Å². The van der Waals surface area contributed by atoms with Crippen LogP contribution in [0.1, 0.15) is 29.5 Å². The average molecular weight is 680 g/mol. The Hall–Kier alpha value is -6.44. The Labute approximate surface area is 311 Å². The normalized spacial score (nSPS) is 12.0. The predicted molar refractivity (Wildman–Crippen MR) is 229 cm³/mol. The lowest BCUT2D eigenvalue weighted by Crippen LogP contribution is -2.09. The molecule has 0 atom stereocenters. The van der Waals surface area contributed by atoms with Crippen molar-refractivity contribution in [3.63, 3.8) is 0 Å². The highest BCUT2D eigenvalue weighted by Gasteiger charge is 2.18. The third kappa shape index (κ3) is 6.05. The quantitative estimate of drug-likeness (QED) is 0.118. The highest BCUT2D eigenvalue weighted by atomic mass is 14.8. The van der Waals surface area contributed by atoms with Crippen LogP contribution in [-0.2, 0) is 6.42 Å². The van der Waals surface area contributed by atoms with Crippen molar-refractivity contribution in [1.29, 1.82) is 0 Å². The van der Waals surface area contributed by atoms with E-state index in [2.05, 4.69) is 200 Å². The van der Waals surface area contributed by atoms with E-state index >= 15 is 0 Å². The zero-order valence-electron chi connectivity index (χ0n) is 30.0. The van der Waals surface area contributed by atoms with Gasteiger partial charge >= 0.3 is 0 Å². The molecule has 1 nitrogen and oxygen atoms in total. The van der Waals surface area contributed by atoms with Crippen LogP contribution in [0, 0.1) is 0 Å². The molecule has 0 aromatic heterocycles. The van der Waals surface area contributed by atoms with Crippen molar-refractivity contribution in [2.45, 2.75) is 19.3 Å². The molecule has 9 aromatic carbocycles. The predicted octanol–water partition coefficient (Wildman–Crippen LogP) is 13.7. The third-order valence-electron chi connectivity index (χ3n) is 10.8. The minimum atomic E-state index is 0.942. The molecule has 0 spiro atoms. The van der Waals surface area contributed by atoms with Gasteiger partial charge in [0, 0.05) is 12.7 Å². The van der Waals surface area contributed by atoms with Crippen molar-refractivity contribution < 1.29 is 0 Å². The third-order valence-corrected chi connectivity index (χ3v) is 10.8. The SMILES string of the molecule is CNC(=C(CCCc1ccccc1)c1ccccc1-c1ccccc1)c1cccc(-c2cc3c4ccccc4c4ccccc4c3c3ccccc23)c1. The summed E-state index contributed by atoms with van der Waals surface area (Å²) in [6.07, 6.45) is 3.02. The van der Waals surface area contributed by atoms with Crippen LogP contribution in [0.4, 0.5) is 0 Å². The van der Waals surface area contributed by atoms with E-state index in [0.29, 0.717) is 0 Å². The molecule has 1 N–H and O–H groups in total. The van der Waals surface area contributed by atoms with Crippen LogP contribution in [0.25, 0.3) is 76.6 Å². The summed E-state index contributed by atoms with van der Waals surface area (Å²) in [6.45, 7) is 0. The molecule has 1 heteroatoms. The monoisotopic (exact) mass is 679 g/mol. The molecule has 0 aliphatic carbocycles. The summed E-state index contributed by atoms with van der Waals surface area (Å²) < 4.78 is 0. The van der Waals surface area contributed by atoms with Gasteiger partial charge in [0.15, 0.2) is 0 Å². The van der Waals surface area contributed by atoms with E-state index in [1.165, 1.54) is 93.3 Å². The fourth-order valence-corrected chi connectivity index (χ4v) is 8.44. The highest BCUT2D eigenvalue weighted by molar-refractivity contribution is 6.33. The van der Waals surface area contributed by atoms with Gasteiger partial charge < -0.3 is 5.32 Å². The van der Waals surface area contributed by atoms with Crippen molar-refractivity contribution in [2.24, 2.45) is 0 Å². The largest absolute Gasteiger partial charge is 0.387 e. The molecule has 254 valence electrons. The number of benzene rings is 9. The van der Waals surface area contributed by atoms with Crippen molar-refractivity contribution in [1.82, 2.24) is 5.32 Å². The maximum absolute atomic E-state index is 3.71. The topological polar surface area (TPSA) is 12.0 Å². The molecule has 0 aliphatic heterocycles. The van der Waals surface area contributed by atoms with Gasteiger partial charge in [-0.2, -0.15) is 0 Å². The van der Waals surface area contributed by atoms with Gasteiger partial charge in [-0.05, 0) is 119 Å². The first kappa shape index (κ1) is 32.5. The standard InChI is InChI=1S/C52H41N/c1-53-52(48(33-16-20-36-18-4-2-5-19-36)41-26-9-8-25-40(41)37-21-6-3-7-22-37)39-24-17-23-38(34-39)49-35-50-44-29-11-10-27-42(44)43-28-12-14-31-46(43)51(50)47-32-15-13-30-45(47)49/h2-15,17-19,21-32,34-35,53H,16,20,33H2,1H3. The van der Waals surface area contributed by atoms with Gasteiger partial charge in [0.1, 0.15) is 0 Å². The second kappa shape index (κ2) is 14.3. The number of hydrogen-bond donors (Lipinski definition) is 1. The first-order chi connectivity index (χ1) is 26.3. The molecule has 0 saturated heterocycles. The minimum Gasteiger partial charge on any atom is -0.387 e. The summed E-state index contributed by atoms with van der Waals surface area (Å²) in [6, 6.07) is 68.9. The first-order valence-electron chi connectivity index (χ1n) is 18.7. The molecule has 53 heavy (non-hydrogen) atoms. The van der Waals surface area contributed by atoms with Crippen molar-refractivity contribution in [3.8, 4) is 22.3 Å². The Morgan fingerprint density at radius 1 is 0.434 bits per heavy atom. The molecule has 0 fully saturated rings. The van der Waals surface area contributed by atoms with Crippen LogP contribution in [0.15, 0.2) is 188 Å². The molecule has 9 aromatic rings. The zero-order valence-corrected chi connectivity index (χ0v) is 30.0. The van der Waals surface area contributed by atoms with E-state index in [0.717, 1.165) is 19.3 Å². The summed E-state index contributed by atoms with van der Waals surface area (Å²) in [5.74, 6) is 0. The number of nitrogens with one attached hydrogen (secondary N) is 1.